The summed E-state index contributed by atoms with van der Waals surface area (Å²) in [5.41, 5.74) is 0.665. The maximum Gasteiger partial charge on any atom is 0.387 e. The van der Waals surface area contributed by atoms with Crippen molar-refractivity contribution >= 4 is 12.0 Å². The fourth-order valence-electron chi connectivity index (χ4n) is 2.44. The normalized spacial score (nSPS) is 11.4. The van der Waals surface area contributed by atoms with E-state index in [4.69, 9.17) is 0 Å². The van der Waals surface area contributed by atoms with Crippen LogP contribution in [0.15, 0.2) is 48.5 Å². The molecule has 31 heavy (non-hydrogen) atoms. The van der Waals surface area contributed by atoms with E-state index >= 15 is 0 Å². The third kappa shape index (κ3) is 8.11. The Morgan fingerprint density at radius 3 is 2.00 bits per heavy atom. The lowest BCUT2D eigenvalue weighted by Crippen LogP contribution is -2.24. The minimum Gasteiger partial charge on any atom is -0.435 e. The Morgan fingerprint density at radius 2 is 1.42 bits per heavy atom. The van der Waals surface area contributed by atoms with Gasteiger partial charge in [-0.25, -0.2) is 0 Å². The van der Waals surface area contributed by atoms with Crippen molar-refractivity contribution in [1.29, 1.82) is 0 Å². The lowest BCUT2D eigenvalue weighted by Gasteiger charge is -2.16. The molecule has 1 amide bonds. The molecule has 2 rings (SSSR count). The van der Waals surface area contributed by atoms with Gasteiger partial charge in [0.15, 0.2) is 0 Å². The molecule has 0 aromatic heterocycles. The standard InChI is InChI=1S/C20H17F6NO4/c1-27(11-12-2-6-14(7-3-12)29-18(21)22)17(28)9-5-13-4-8-15(30-19(23)24)10-16(13)31-20(25)26/h2-10,18-20H,11H2,1H3/b9-5+. The van der Waals surface area contributed by atoms with E-state index in [0.29, 0.717) is 5.56 Å². The van der Waals surface area contributed by atoms with E-state index in [1.54, 1.807) is 0 Å². The predicted molar refractivity (Wildman–Crippen MR) is 98.3 cm³/mol. The average molecular weight is 449 g/mol. The van der Waals surface area contributed by atoms with Crippen LogP contribution in [0.25, 0.3) is 6.08 Å². The first kappa shape index (κ1) is 23.9. The number of halogens is 6. The Labute approximate surface area is 173 Å². The molecule has 0 aliphatic rings. The number of alkyl halides is 6. The molecule has 5 nitrogen and oxygen atoms in total. The van der Waals surface area contributed by atoms with Gasteiger partial charge >= 0.3 is 19.8 Å². The molecule has 0 heterocycles. The van der Waals surface area contributed by atoms with Gasteiger partial charge in [-0.05, 0) is 35.9 Å². The van der Waals surface area contributed by atoms with Crippen LogP contribution in [0.4, 0.5) is 26.3 Å². The number of benzene rings is 2. The zero-order chi connectivity index (χ0) is 23.0. The Kier molecular flexibility index (Phi) is 8.59. The Morgan fingerprint density at radius 1 is 0.871 bits per heavy atom. The van der Waals surface area contributed by atoms with E-state index in [1.165, 1.54) is 48.4 Å². The highest BCUT2D eigenvalue weighted by Gasteiger charge is 2.13. The van der Waals surface area contributed by atoms with Crippen LogP contribution in [0.2, 0.25) is 0 Å². The van der Waals surface area contributed by atoms with Gasteiger partial charge in [-0.15, -0.1) is 0 Å². The van der Waals surface area contributed by atoms with Crippen molar-refractivity contribution in [2.45, 2.75) is 26.4 Å². The van der Waals surface area contributed by atoms with Crippen molar-refractivity contribution < 1.29 is 45.3 Å². The number of hydrogen-bond acceptors (Lipinski definition) is 4. The summed E-state index contributed by atoms with van der Waals surface area (Å²) in [4.78, 5) is 13.6. The number of nitrogens with zero attached hydrogens (tertiary/aromatic N) is 1. The quantitative estimate of drug-likeness (QED) is 0.371. The van der Waals surface area contributed by atoms with Crippen LogP contribution in [0, 0.1) is 0 Å². The highest BCUT2D eigenvalue weighted by Crippen LogP contribution is 2.28. The van der Waals surface area contributed by atoms with Crippen LogP contribution in [-0.4, -0.2) is 37.7 Å². The van der Waals surface area contributed by atoms with Crippen molar-refractivity contribution in [1.82, 2.24) is 4.90 Å². The van der Waals surface area contributed by atoms with E-state index < -0.39 is 31.5 Å². The van der Waals surface area contributed by atoms with Crippen LogP contribution < -0.4 is 14.2 Å². The van der Waals surface area contributed by atoms with Crippen molar-refractivity contribution in [3.63, 3.8) is 0 Å². The molecule has 0 radical (unpaired) electrons. The van der Waals surface area contributed by atoms with Crippen molar-refractivity contribution in [2.24, 2.45) is 0 Å². The van der Waals surface area contributed by atoms with Gasteiger partial charge in [-0.3, -0.25) is 4.79 Å². The molecule has 11 heteroatoms. The highest BCUT2D eigenvalue weighted by molar-refractivity contribution is 5.92. The Bertz CT molecular complexity index is 890. The summed E-state index contributed by atoms with van der Waals surface area (Å²) in [6, 6.07) is 8.81. The van der Waals surface area contributed by atoms with Crippen molar-refractivity contribution in [2.75, 3.05) is 7.05 Å². The predicted octanol–water partition coefficient (Wildman–Crippen LogP) is 5.16. The smallest absolute Gasteiger partial charge is 0.387 e. The molecule has 0 aliphatic heterocycles. The zero-order valence-corrected chi connectivity index (χ0v) is 16.0. The SMILES string of the molecule is CN(Cc1ccc(OC(F)F)cc1)C(=O)/C=C/c1ccc(OC(F)F)cc1OC(F)F. The molecule has 2 aromatic rings. The van der Waals surface area contributed by atoms with Gasteiger partial charge in [-0.1, -0.05) is 12.1 Å². The molecule has 0 N–H and O–H groups in total. The number of carbonyl (C=O) groups is 1. The molecule has 0 bridgehead atoms. The molecular formula is C20H17F6NO4. The second kappa shape index (κ2) is 11.1. The number of ether oxygens (including phenoxy) is 3. The second-order valence-corrected chi connectivity index (χ2v) is 6.01. The van der Waals surface area contributed by atoms with E-state index in [9.17, 15) is 31.1 Å². The van der Waals surface area contributed by atoms with E-state index in [2.05, 4.69) is 14.2 Å². The van der Waals surface area contributed by atoms with Gasteiger partial charge in [0.1, 0.15) is 17.2 Å². The summed E-state index contributed by atoms with van der Waals surface area (Å²) in [7, 11) is 1.46. The third-order valence-electron chi connectivity index (χ3n) is 3.78. The fraction of sp³-hybridized carbons (Fsp3) is 0.250. The van der Waals surface area contributed by atoms with E-state index in [0.717, 1.165) is 18.2 Å². The monoisotopic (exact) mass is 449 g/mol. The maximum absolute atomic E-state index is 12.6. The first-order chi connectivity index (χ1) is 14.6. The topological polar surface area (TPSA) is 48.0 Å². The van der Waals surface area contributed by atoms with Gasteiger partial charge in [0, 0.05) is 31.3 Å². The van der Waals surface area contributed by atoms with Gasteiger partial charge in [0.2, 0.25) is 5.91 Å². The van der Waals surface area contributed by atoms with E-state index in [-0.39, 0.29) is 23.6 Å². The first-order valence-electron chi connectivity index (χ1n) is 8.64. The number of rotatable bonds is 10. The molecule has 0 spiro atoms. The van der Waals surface area contributed by atoms with Crippen LogP contribution in [0.1, 0.15) is 11.1 Å². The molecule has 2 aromatic carbocycles. The lowest BCUT2D eigenvalue weighted by molar-refractivity contribution is -0.125. The average Bonchev–Trinajstić information content (AvgIpc) is 2.67. The molecule has 0 aliphatic carbocycles. The third-order valence-corrected chi connectivity index (χ3v) is 3.78. The van der Waals surface area contributed by atoms with Gasteiger partial charge in [0.05, 0.1) is 0 Å². The highest BCUT2D eigenvalue weighted by atomic mass is 19.3. The van der Waals surface area contributed by atoms with Crippen LogP contribution in [-0.2, 0) is 11.3 Å². The summed E-state index contributed by atoms with van der Waals surface area (Å²) in [6.07, 6.45) is 2.26. The lowest BCUT2D eigenvalue weighted by atomic mass is 10.1. The summed E-state index contributed by atoms with van der Waals surface area (Å²) in [5, 5.41) is 0. The molecule has 0 atom stereocenters. The molecule has 0 unspecified atom stereocenters. The molecular weight excluding hydrogens is 432 g/mol. The number of amides is 1. The molecule has 0 fully saturated rings. The summed E-state index contributed by atoms with van der Waals surface area (Å²) in [6.45, 7) is -9.19. The summed E-state index contributed by atoms with van der Waals surface area (Å²) in [5.74, 6) is -1.37. The van der Waals surface area contributed by atoms with Crippen LogP contribution in [0.3, 0.4) is 0 Å². The fourth-order valence-corrected chi connectivity index (χ4v) is 2.44. The molecule has 0 saturated carbocycles. The minimum atomic E-state index is -3.22. The van der Waals surface area contributed by atoms with Gasteiger partial charge < -0.3 is 19.1 Å². The number of hydrogen-bond donors (Lipinski definition) is 0. The van der Waals surface area contributed by atoms with Gasteiger partial charge in [-0.2, -0.15) is 26.3 Å². The molecule has 0 saturated heterocycles. The van der Waals surface area contributed by atoms with Crippen molar-refractivity contribution in [3.05, 3.63) is 59.7 Å². The summed E-state index contributed by atoms with van der Waals surface area (Å²) >= 11 is 0. The van der Waals surface area contributed by atoms with E-state index in [1.807, 2.05) is 0 Å². The molecule has 168 valence electrons. The Hall–Kier alpha value is -3.37. The number of carbonyl (C=O) groups excluding carboxylic acids is 1. The first-order valence-corrected chi connectivity index (χ1v) is 8.64. The van der Waals surface area contributed by atoms with Crippen molar-refractivity contribution in [3.8, 4) is 17.2 Å². The second-order valence-electron chi connectivity index (χ2n) is 6.01. The summed E-state index contributed by atoms with van der Waals surface area (Å²) < 4.78 is 86.8. The maximum atomic E-state index is 12.6. The Balaban J connectivity index is 2.06. The van der Waals surface area contributed by atoms with Crippen LogP contribution in [0.5, 0.6) is 17.2 Å². The van der Waals surface area contributed by atoms with Crippen LogP contribution >= 0.6 is 0 Å². The van der Waals surface area contributed by atoms with Gasteiger partial charge in [0.25, 0.3) is 0 Å². The number of likely N-dealkylation sites (N-methyl/N-ethyl adjacent to an activating group) is 1. The zero-order valence-electron chi connectivity index (χ0n) is 16.0. The minimum absolute atomic E-state index is 0.0292. The largest absolute Gasteiger partial charge is 0.435 e.